The minimum Gasteiger partial charge on any atom is -0.368 e. The van der Waals surface area contributed by atoms with Crippen LogP contribution >= 0.6 is 0 Å². The van der Waals surface area contributed by atoms with Crippen molar-refractivity contribution in [3.05, 3.63) is 35.4 Å². The lowest BCUT2D eigenvalue weighted by Gasteiger charge is -2.40. The van der Waals surface area contributed by atoms with Crippen molar-refractivity contribution in [3.8, 4) is 0 Å². The first-order chi connectivity index (χ1) is 14.5. The molecular weight excluding hydrogens is 416 g/mol. The Bertz CT molecular complexity index is 895. The number of primary amides is 1. The van der Waals surface area contributed by atoms with Crippen LogP contribution in [0, 0.1) is 5.92 Å². The van der Waals surface area contributed by atoms with Crippen LogP contribution in [0.4, 0.5) is 0 Å². The van der Waals surface area contributed by atoms with Crippen LogP contribution in [0.1, 0.15) is 69.0 Å². The van der Waals surface area contributed by atoms with Gasteiger partial charge in [-0.1, -0.05) is 24.3 Å². The maximum absolute atomic E-state index is 11.8. The van der Waals surface area contributed by atoms with E-state index in [1.807, 2.05) is 6.92 Å². The number of piperazine rings is 1. The molecule has 4 unspecified atom stereocenters. The van der Waals surface area contributed by atoms with Gasteiger partial charge >= 0.3 is 0 Å². The summed E-state index contributed by atoms with van der Waals surface area (Å²) in [7, 11) is -3.49. The second-order valence-electron chi connectivity index (χ2n) is 9.15. The number of carbonyl (C=O) groups excluding carboxylic acids is 2. The van der Waals surface area contributed by atoms with Crippen molar-refractivity contribution < 1.29 is 18.0 Å². The fourth-order valence-corrected chi connectivity index (χ4v) is 5.49. The van der Waals surface area contributed by atoms with Crippen molar-refractivity contribution >= 4 is 21.8 Å². The molecule has 0 aromatic heterocycles. The summed E-state index contributed by atoms with van der Waals surface area (Å²) in [6.07, 6.45) is 5.05. The molecule has 31 heavy (non-hydrogen) atoms. The van der Waals surface area contributed by atoms with Crippen molar-refractivity contribution in [1.82, 2.24) is 15.4 Å². The van der Waals surface area contributed by atoms with Gasteiger partial charge in [0.15, 0.2) is 0 Å². The SMILES string of the molecule is CC1NC(C)C(c2ccc(C3CCC(CC(=O)NS(C)(=O)=O)CC3)cc2)NC1C(N)=O. The molecule has 0 bridgehead atoms. The first-order valence-electron chi connectivity index (χ1n) is 11.0. The number of amides is 2. The van der Waals surface area contributed by atoms with E-state index in [4.69, 9.17) is 5.73 Å². The highest BCUT2D eigenvalue weighted by atomic mass is 32.2. The summed E-state index contributed by atoms with van der Waals surface area (Å²) >= 11 is 0. The molecule has 5 N–H and O–H groups in total. The third kappa shape index (κ3) is 6.27. The monoisotopic (exact) mass is 450 g/mol. The van der Waals surface area contributed by atoms with Crippen molar-refractivity contribution in [2.45, 2.75) is 76.0 Å². The Labute approximate surface area is 184 Å². The van der Waals surface area contributed by atoms with Gasteiger partial charge in [-0.2, -0.15) is 0 Å². The number of carbonyl (C=O) groups is 2. The van der Waals surface area contributed by atoms with Crippen molar-refractivity contribution in [2.24, 2.45) is 11.7 Å². The molecule has 172 valence electrons. The van der Waals surface area contributed by atoms with E-state index in [-0.39, 0.29) is 36.4 Å². The van der Waals surface area contributed by atoms with Gasteiger partial charge in [0.05, 0.1) is 6.26 Å². The number of benzene rings is 1. The third-order valence-corrected chi connectivity index (χ3v) is 7.18. The van der Waals surface area contributed by atoms with E-state index in [2.05, 4.69) is 46.5 Å². The molecule has 1 aromatic rings. The fourth-order valence-electron chi connectivity index (χ4n) is 4.99. The van der Waals surface area contributed by atoms with Crippen LogP contribution < -0.4 is 21.1 Å². The van der Waals surface area contributed by atoms with E-state index in [1.54, 1.807) is 0 Å². The molecule has 0 radical (unpaired) electrons. The molecule has 3 rings (SSSR count). The van der Waals surface area contributed by atoms with Gasteiger partial charge in [0.25, 0.3) is 0 Å². The molecule has 2 amide bonds. The maximum atomic E-state index is 11.8. The number of hydrogen-bond acceptors (Lipinski definition) is 6. The Kier molecular flexibility index (Phi) is 7.39. The number of hydrogen-bond donors (Lipinski definition) is 4. The van der Waals surface area contributed by atoms with Gasteiger partial charge < -0.3 is 11.1 Å². The fraction of sp³-hybridized carbons (Fsp3) is 0.636. The van der Waals surface area contributed by atoms with E-state index in [0.717, 1.165) is 37.5 Å². The predicted octanol–water partition coefficient (Wildman–Crippen LogP) is 1.29. The summed E-state index contributed by atoms with van der Waals surface area (Å²) in [5.74, 6) is -0.100. The Balaban J connectivity index is 1.56. The molecule has 1 saturated heterocycles. The zero-order chi connectivity index (χ0) is 22.8. The second kappa shape index (κ2) is 9.67. The van der Waals surface area contributed by atoms with Crippen LogP contribution in [0.5, 0.6) is 0 Å². The summed E-state index contributed by atoms with van der Waals surface area (Å²) in [6.45, 7) is 4.06. The largest absolute Gasteiger partial charge is 0.368 e. The van der Waals surface area contributed by atoms with Crippen LogP contribution in [0.15, 0.2) is 24.3 Å². The van der Waals surface area contributed by atoms with Crippen molar-refractivity contribution in [2.75, 3.05) is 6.26 Å². The highest BCUT2D eigenvalue weighted by Crippen LogP contribution is 2.37. The van der Waals surface area contributed by atoms with Crippen LogP contribution in [0.25, 0.3) is 0 Å². The zero-order valence-corrected chi connectivity index (χ0v) is 19.2. The van der Waals surface area contributed by atoms with Gasteiger partial charge in [-0.3, -0.25) is 19.6 Å². The van der Waals surface area contributed by atoms with Crippen LogP contribution in [-0.4, -0.2) is 44.6 Å². The molecule has 2 fully saturated rings. The summed E-state index contributed by atoms with van der Waals surface area (Å²) in [5.41, 5.74) is 7.94. The Morgan fingerprint density at radius 3 is 2.13 bits per heavy atom. The van der Waals surface area contributed by atoms with E-state index in [0.29, 0.717) is 5.92 Å². The molecule has 0 spiro atoms. The number of nitrogens with one attached hydrogen (secondary N) is 3. The molecule has 9 heteroatoms. The quantitative estimate of drug-likeness (QED) is 0.517. The molecule has 1 aromatic carbocycles. The smallest absolute Gasteiger partial charge is 0.236 e. The normalized spacial score (nSPS) is 31.7. The third-order valence-electron chi connectivity index (χ3n) is 6.58. The lowest BCUT2D eigenvalue weighted by Crippen LogP contribution is -2.64. The highest BCUT2D eigenvalue weighted by molar-refractivity contribution is 7.89. The Morgan fingerprint density at radius 2 is 1.58 bits per heavy atom. The minimum absolute atomic E-state index is 0.00634. The van der Waals surface area contributed by atoms with E-state index < -0.39 is 22.0 Å². The summed E-state index contributed by atoms with van der Waals surface area (Å²) in [6, 6.07) is 8.30. The van der Waals surface area contributed by atoms with Crippen molar-refractivity contribution in [3.63, 3.8) is 0 Å². The summed E-state index contributed by atoms with van der Waals surface area (Å²) in [4.78, 5) is 23.6. The van der Waals surface area contributed by atoms with Gasteiger partial charge in [-0.05, 0) is 62.5 Å². The van der Waals surface area contributed by atoms with Gasteiger partial charge in [0.1, 0.15) is 6.04 Å². The standard InChI is InChI=1S/C22H34N4O4S/c1-13-20(25-21(22(23)28)14(2)24-13)18-10-8-17(9-11-18)16-6-4-15(5-7-16)12-19(27)26-31(3,29)30/h8-11,13-16,20-21,24-25H,4-7,12H2,1-3H3,(H2,23,28)(H,26,27). The van der Waals surface area contributed by atoms with Gasteiger partial charge in [0, 0.05) is 24.5 Å². The second-order valence-corrected chi connectivity index (χ2v) is 10.9. The average molecular weight is 451 g/mol. The van der Waals surface area contributed by atoms with E-state index in [9.17, 15) is 18.0 Å². The molecule has 1 aliphatic heterocycles. The van der Waals surface area contributed by atoms with E-state index in [1.165, 1.54) is 5.56 Å². The molecule has 1 saturated carbocycles. The summed E-state index contributed by atoms with van der Waals surface area (Å²) < 4.78 is 24.4. The number of sulfonamides is 1. The molecule has 4 atom stereocenters. The molecule has 1 heterocycles. The zero-order valence-electron chi connectivity index (χ0n) is 18.4. The predicted molar refractivity (Wildman–Crippen MR) is 120 cm³/mol. The Morgan fingerprint density at radius 1 is 1.00 bits per heavy atom. The highest BCUT2D eigenvalue weighted by Gasteiger charge is 2.35. The number of rotatable bonds is 6. The first-order valence-corrected chi connectivity index (χ1v) is 12.8. The van der Waals surface area contributed by atoms with Gasteiger partial charge in [-0.25, -0.2) is 8.42 Å². The summed E-state index contributed by atoms with van der Waals surface area (Å²) in [5, 5.41) is 6.83. The number of nitrogens with two attached hydrogens (primary N) is 1. The van der Waals surface area contributed by atoms with Crippen molar-refractivity contribution in [1.29, 1.82) is 0 Å². The average Bonchev–Trinajstić information content (AvgIpc) is 2.67. The van der Waals surface area contributed by atoms with Crippen LogP contribution in [-0.2, 0) is 19.6 Å². The minimum atomic E-state index is -3.49. The van der Waals surface area contributed by atoms with Crippen LogP contribution in [0.3, 0.4) is 0 Å². The van der Waals surface area contributed by atoms with Gasteiger partial charge in [-0.15, -0.1) is 0 Å². The molecule has 2 aliphatic rings. The molecule has 1 aliphatic carbocycles. The Hall–Kier alpha value is -1.97. The lowest BCUT2D eigenvalue weighted by atomic mass is 9.77. The first kappa shape index (κ1) is 23.7. The molecule has 8 nitrogen and oxygen atoms in total. The molecular formula is C22H34N4O4S. The van der Waals surface area contributed by atoms with Crippen LogP contribution in [0.2, 0.25) is 0 Å². The lowest BCUT2D eigenvalue weighted by molar-refractivity contribution is -0.122. The maximum Gasteiger partial charge on any atom is 0.236 e. The van der Waals surface area contributed by atoms with Gasteiger partial charge in [0.2, 0.25) is 21.8 Å². The van der Waals surface area contributed by atoms with E-state index >= 15 is 0 Å². The topological polar surface area (TPSA) is 130 Å².